The van der Waals surface area contributed by atoms with E-state index in [0.29, 0.717) is 16.3 Å². The largest absolute Gasteiger partial charge is 0.494 e. The first-order valence-corrected chi connectivity index (χ1v) is 6.91. The van der Waals surface area contributed by atoms with Gasteiger partial charge in [0.2, 0.25) is 0 Å². The highest BCUT2D eigenvalue weighted by atomic mass is 35.5. The molecule has 1 atom stereocenters. The van der Waals surface area contributed by atoms with Crippen LogP contribution in [0.5, 0.6) is 5.75 Å². The summed E-state index contributed by atoms with van der Waals surface area (Å²) in [5.41, 5.74) is 0.392. The van der Waals surface area contributed by atoms with Crippen molar-refractivity contribution in [3.05, 3.63) is 22.7 Å². The fraction of sp³-hybridized carbons (Fsp3) is 0.417. The molecule has 1 unspecified atom stereocenters. The minimum Gasteiger partial charge on any atom is -0.494 e. The van der Waals surface area contributed by atoms with Crippen LogP contribution in [0.2, 0.25) is 5.02 Å². The van der Waals surface area contributed by atoms with E-state index in [1.807, 2.05) is 6.26 Å². The van der Waals surface area contributed by atoms with E-state index >= 15 is 0 Å². The standard InChI is InChI=1S/C12H15ClO4S/c1-4-17-12(15)10(14)7-5-8(13)11(16-2)9(6-7)18-3/h5-6,10,14H,4H2,1-3H3. The normalized spacial score (nSPS) is 12.1. The maximum atomic E-state index is 11.5. The van der Waals surface area contributed by atoms with E-state index in [1.165, 1.54) is 24.9 Å². The Kier molecular flexibility index (Phi) is 5.78. The predicted octanol–water partition coefficient (Wildman–Crippen LogP) is 2.67. The average molecular weight is 291 g/mol. The monoisotopic (exact) mass is 290 g/mol. The van der Waals surface area contributed by atoms with Crippen molar-refractivity contribution in [3.63, 3.8) is 0 Å². The Morgan fingerprint density at radius 1 is 1.56 bits per heavy atom. The Bertz CT molecular complexity index is 436. The molecule has 0 aliphatic rings. The van der Waals surface area contributed by atoms with Crippen molar-refractivity contribution < 1.29 is 19.4 Å². The van der Waals surface area contributed by atoms with Gasteiger partial charge in [0, 0.05) is 0 Å². The molecule has 0 saturated carbocycles. The molecule has 0 bridgehead atoms. The van der Waals surface area contributed by atoms with Crippen molar-refractivity contribution in [2.24, 2.45) is 0 Å². The third-order valence-corrected chi connectivity index (χ3v) is 3.31. The zero-order chi connectivity index (χ0) is 13.7. The van der Waals surface area contributed by atoms with Crippen molar-refractivity contribution in [3.8, 4) is 5.75 Å². The van der Waals surface area contributed by atoms with E-state index in [0.717, 1.165) is 4.90 Å². The van der Waals surface area contributed by atoms with Gasteiger partial charge in [-0.05, 0) is 30.9 Å². The van der Waals surface area contributed by atoms with Crippen molar-refractivity contribution >= 4 is 29.3 Å². The lowest BCUT2D eigenvalue weighted by Crippen LogP contribution is -2.15. The molecule has 18 heavy (non-hydrogen) atoms. The van der Waals surface area contributed by atoms with Crippen LogP contribution in [0, 0.1) is 0 Å². The Morgan fingerprint density at radius 2 is 2.22 bits per heavy atom. The van der Waals surface area contributed by atoms with Gasteiger partial charge in [0.1, 0.15) is 0 Å². The Labute approximate surface area is 115 Å². The number of aliphatic hydroxyl groups is 1. The molecule has 1 aromatic rings. The molecule has 1 rings (SSSR count). The molecular weight excluding hydrogens is 276 g/mol. The second kappa shape index (κ2) is 6.87. The third-order valence-electron chi connectivity index (χ3n) is 2.28. The number of rotatable bonds is 5. The first-order chi connectivity index (χ1) is 8.54. The maximum Gasteiger partial charge on any atom is 0.339 e. The predicted molar refractivity (Wildman–Crippen MR) is 71.4 cm³/mol. The summed E-state index contributed by atoms with van der Waals surface area (Å²) in [6.07, 6.45) is 0.522. The first kappa shape index (κ1) is 15.1. The highest BCUT2D eigenvalue weighted by Crippen LogP contribution is 2.37. The van der Waals surface area contributed by atoms with E-state index in [2.05, 4.69) is 0 Å². The summed E-state index contributed by atoms with van der Waals surface area (Å²) < 4.78 is 9.92. The number of hydrogen-bond acceptors (Lipinski definition) is 5. The third kappa shape index (κ3) is 3.31. The quantitative estimate of drug-likeness (QED) is 0.667. The zero-order valence-corrected chi connectivity index (χ0v) is 12.0. The topological polar surface area (TPSA) is 55.8 Å². The van der Waals surface area contributed by atoms with Crippen LogP contribution in [0.4, 0.5) is 0 Å². The van der Waals surface area contributed by atoms with Gasteiger partial charge in [0.25, 0.3) is 0 Å². The molecular formula is C12H15ClO4S. The highest BCUT2D eigenvalue weighted by Gasteiger charge is 2.21. The minimum absolute atomic E-state index is 0.217. The Morgan fingerprint density at radius 3 is 2.72 bits per heavy atom. The number of aliphatic hydroxyl groups excluding tert-OH is 1. The van der Waals surface area contributed by atoms with E-state index in [1.54, 1.807) is 13.0 Å². The smallest absolute Gasteiger partial charge is 0.339 e. The molecule has 1 N–H and O–H groups in total. The van der Waals surface area contributed by atoms with Crippen LogP contribution in [0.3, 0.4) is 0 Å². The van der Waals surface area contributed by atoms with E-state index in [9.17, 15) is 9.90 Å². The lowest BCUT2D eigenvalue weighted by Gasteiger charge is -2.14. The van der Waals surface area contributed by atoms with Gasteiger partial charge in [-0.25, -0.2) is 4.79 Å². The van der Waals surface area contributed by atoms with Crippen LogP contribution < -0.4 is 4.74 Å². The van der Waals surface area contributed by atoms with Gasteiger partial charge in [0.05, 0.1) is 23.6 Å². The molecule has 100 valence electrons. The fourth-order valence-corrected chi connectivity index (χ4v) is 2.45. The van der Waals surface area contributed by atoms with Gasteiger partial charge >= 0.3 is 5.97 Å². The summed E-state index contributed by atoms with van der Waals surface area (Å²) in [4.78, 5) is 12.2. The number of esters is 1. The van der Waals surface area contributed by atoms with Gasteiger partial charge < -0.3 is 14.6 Å². The number of carbonyl (C=O) groups excluding carboxylic acids is 1. The summed E-state index contributed by atoms with van der Waals surface area (Å²) in [7, 11) is 1.52. The Hall–Kier alpha value is -0.910. The SMILES string of the molecule is CCOC(=O)C(O)c1cc(Cl)c(OC)c(SC)c1. The number of methoxy groups -OCH3 is 1. The molecule has 0 radical (unpaired) electrons. The van der Waals surface area contributed by atoms with E-state index < -0.39 is 12.1 Å². The van der Waals surface area contributed by atoms with E-state index in [-0.39, 0.29) is 6.61 Å². The van der Waals surface area contributed by atoms with Crippen LogP contribution in [-0.2, 0) is 9.53 Å². The van der Waals surface area contributed by atoms with E-state index in [4.69, 9.17) is 21.1 Å². The molecule has 4 nitrogen and oxygen atoms in total. The van der Waals surface area contributed by atoms with Gasteiger partial charge in [-0.2, -0.15) is 0 Å². The first-order valence-electron chi connectivity index (χ1n) is 5.31. The fourth-order valence-electron chi connectivity index (χ4n) is 1.45. The summed E-state index contributed by atoms with van der Waals surface area (Å²) in [5.74, 6) is -0.158. The van der Waals surface area contributed by atoms with Crippen LogP contribution in [0.25, 0.3) is 0 Å². The lowest BCUT2D eigenvalue weighted by atomic mass is 10.1. The van der Waals surface area contributed by atoms with Crippen LogP contribution >= 0.6 is 23.4 Å². The van der Waals surface area contributed by atoms with Gasteiger partial charge in [0.15, 0.2) is 11.9 Å². The van der Waals surface area contributed by atoms with Crippen molar-refractivity contribution in [2.75, 3.05) is 20.0 Å². The number of hydrogen-bond donors (Lipinski definition) is 1. The van der Waals surface area contributed by atoms with Crippen LogP contribution in [-0.4, -0.2) is 31.0 Å². The summed E-state index contributed by atoms with van der Waals surface area (Å²) in [6.45, 7) is 1.90. The summed E-state index contributed by atoms with van der Waals surface area (Å²) in [6, 6.07) is 3.17. The molecule has 0 fully saturated rings. The van der Waals surface area contributed by atoms with Crippen molar-refractivity contribution in [2.45, 2.75) is 17.9 Å². The highest BCUT2D eigenvalue weighted by molar-refractivity contribution is 7.98. The molecule has 0 saturated heterocycles. The van der Waals surface area contributed by atoms with Crippen molar-refractivity contribution in [1.29, 1.82) is 0 Å². The summed E-state index contributed by atoms with van der Waals surface area (Å²) >= 11 is 7.46. The Balaban J connectivity index is 3.11. The molecule has 0 amide bonds. The van der Waals surface area contributed by atoms with Gasteiger partial charge in [-0.15, -0.1) is 11.8 Å². The van der Waals surface area contributed by atoms with Crippen LogP contribution in [0.1, 0.15) is 18.6 Å². The number of halogens is 1. The zero-order valence-electron chi connectivity index (χ0n) is 10.4. The van der Waals surface area contributed by atoms with Crippen molar-refractivity contribution in [1.82, 2.24) is 0 Å². The number of thioether (sulfide) groups is 1. The average Bonchev–Trinajstić information content (AvgIpc) is 2.36. The number of ether oxygens (including phenoxy) is 2. The second-order valence-corrected chi connectivity index (χ2v) is 4.65. The molecule has 0 spiro atoms. The molecule has 6 heteroatoms. The lowest BCUT2D eigenvalue weighted by molar-refractivity contribution is -0.153. The molecule has 0 aromatic heterocycles. The maximum absolute atomic E-state index is 11.5. The minimum atomic E-state index is -1.33. The number of benzene rings is 1. The summed E-state index contributed by atoms with van der Waals surface area (Å²) in [5, 5.41) is 10.2. The molecule has 0 heterocycles. The molecule has 0 aliphatic carbocycles. The van der Waals surface area contributed by atoms with Crippen LogP contribution in [0.15, 0.2) is 17.0 Å². The van der Waals surface area contributed by atoms with Gasteiger partial charge in [-0.1, -0.05) is 11.6 Å². The van der Waals surface area contributed by atoms with Gasteiger partial charge in [-0.3, -0.25) is 0 Å². The number of carbonyl (C=O) groups is 1. The molecule has 0 aliphatic heterocycles. The molecule has 1 aromatic carbocycles. The second-order valence-electron chi connectivity index (χ2n) is 3.39.